The first-order chi connectivity index (χ1) is 8.02. The van der Waals surface area contributed by atoms with E-state index >= 15 is 0 Å². The van der Waals surface area contributed by atoms with Gasteiger partial charge in [0, 0.05) is 5.41 Å². The van der Waals surface area contributed by atoms with Crippen molar-refractivity contribution >= 4 is 5.97 Å². The van der Waals surface area contributed by atoms with E-state index in [4.69, 9.17) is 9.84 Å². The molecular formula is C14H18O3. The van der Waals surface area contributed by atoms with Crippen molar-refractivity contribution in [2.24, 2.45) is 0 Å². The van der Waals surface area contributed by atoms with E-state index in [0.717, 1.165) is 24.2 Å². The fraction of sp³-hybridized carbons (Fsp3) is 0.500. The van der Waals surface area contributed by atoms with Crippen LogP contribution in [0.5, 0.6) is 5.75 Å². The fourth-order valence-electron chi connectivity index (χ4n) is 2.18. The Morgan fingerprint density at radius 1 is 1.47 bits per heavy atom. The lowest BCUT2D eigenvalue weighted by Crippen LogP contribution is -2.13. The molecule has 0 heterocycles. The lowest BCUT2D eigenvalue weighted by molar-refractivity contribution is -0.137. The third kappa shape index (κ3) is 2.78. The molecule has 0 unspecified atom stereocenters. The van der Waals surface area contributed by atoms with E-state index in [2.05, 4.69) is 0 Å². The van der Waals surface area contributed by atoms with Crippen LogP contribution in [0.4, 0.5) is 0 Å². The molecule has 0 bridgehead atoms. The molecule has 1 aromatic carbocycles. The highest BCUT2D eigenvalue weighted by atomic mass is 16.5. The van der Waals surface area contributed by atoms with Crippen LogP contribution in [-0.2, 0) is 10.2 Å². The van der Waals surface area contributed by atoms with Crippen molar-refractivity contribution < 1.29 is 14.6 Å². The van der Waals surface area contributed by atoms with E-state index in [1.54, 1.807) is 0 Å². The summed E-state index contributed by atoms with van der Waals surface area (Å²) in [6.07, 6.45) is 2.28. The molecule has 1 N–H and O–H groups in total. The molecule has 0 aliphatic heterocycles. The summed E-state index contributed by atoms with van der Waals surface area (Å²) in [6.45, 7) is 3.97. The zero-order valence-corrected chi connectivity index (χ0v) is 10.3. The Hall–Kier alpha value is -1.51. The standard InChI is InChI=1S/C14H18O3/c1-10(2)17-12-5-3-4-11(8-12)14(6-7-14)9-13(15)16/h3-5,8,10H,6-7,9H2,1-2H3,(H,15,16). The van der Waals surface area contributed by atoms with Gasteiger partial charge in [-0.3, -0.25) is 4.79 Å². The van der Waals surface area contributed by atoms with Crippen LogP contribution in [0.1, 0.15) is 38.7 Å². The van der Waals surface area contributed by atoms with Crippen LogP contribution in [-0.4, -0.2) is 17.2 Å². The van der Waals surface area contributed by atoms with Crippen molar-refractivity contribution in [3.63, 3.8) is 0 Å². The molecule has 1 aliphatic carbocycles. The third-order valence-corrected chi connectivity index (χ3v) is 3.16. The van der Waals surface area contributed by atoms with Gasteiger partial charge in [0.15, 0.2) is 0 Å². The summed E-state index contributed by atoms with van der Waals surface area (Å²) in [7, 11) is 0. The Labute approximate surface area is 101 Å². The number of rotatable bonds is 5. The van der Waals surface area contributed by atoms with Gasteiger partial charge in [0.1, 0.15) is 5.75 Å². The summed E-state index contributed by atoms with van der Waals surface area (Å²) in [5.41, 5.74) is 0.959. The highest BCUT2D eigenvalue weighted by Gasteiger charge is 2.46. The van der Waals surface area contributed by atoms with Gasteiger partial charge in [-0.2, -0.15) is 0 Å². The highest BCUT2D eigenvalue weighted by Crippen LogP contribution is 2.51. The molecule has 0 saturated heterocycles. The van der Waals surface area contributed by atoms with Crippen molar-refractivity contribution in [2.45, 2.75) is 44.6 Å². The Balaban J connectivity index is 2.18. The number of benzene rings is 1. The molecule has 92 valence electrons. The van der Waals surface area contributed by atoms with Gasteiger partial charge >= 0.3 is 5.97 Å². The second-order valence-electron chi connectivity index (χ2n) is 5.05. The first-order valence-electron chi connectivity index (χ1n) is 6.01. The first kappa shape index (κ1) is 12.0. The maximum atomic E-state index is 10.9. The monoisotopic (exact) mass is 234 g/mol. The van der Waals surface area contributed by atoms with Crippen LogP contribution in [0.2, 0.25) is 0 Å². The minimum absolute atomic E-state index is 0.137. The van der Waals surface area contributed by atoms with Gasteiger partial charge in [-0.25, -0.2) is 0 Å². The Morgan fingerprint density at radius 3 is 2.71 bits per heavy atom. The summed E-state index contributed by atoms with van der Waals surface area (Å²) < 4.78 is 5.64. The minimum Gasteiger partial charge on any atom is -0.491 e. The van der Waals surface area contributed by atoms with E-state index in [1.807, 2.05) is 38.1 Å². The van der Waals surface area contributed by atoms with Crippen LogP contribution < -0.4 is 4.74 Å². The van der Waals surface area contributed by atoms with Gasteiger partial charge in [-0.05, 0) is 44.4 Å². The van der Waals surface area contributed by atoms with Gasteiger partial charge in [0.2, 0.25) is 0 Å². The second kappa shape index (κ2) is 4.40. The van der Waals surface area contributed by atoms with Gasteiger partial charge in [0.05, 0.1) is 12.5 Å². The zero-order valence-electron chi connectivity index (χ0n) is 10.3. The summed E-state index contributed by atoms with van der Waals surface area (Å²) in [5, 5.41) is 8.93. The molecule has 1 fully saturated rings. The summed E-state index contributed by atoms with van der Waals surface area (Å²) in [6, 6.07) is 7.84. The largest absolute Gasteiger partial charge is 0.491 e. The highest BCUT2D eigenvalue weighted by molar-refractivity contribution is 5.70. The van der Waals surface area contributed by atoms with Crippen LogP contribution in [0.25, 0.3) is 0 Å². The van der Waals surface area contributed by atoms with Gasteiger partial charge in [-0.15, -0.1) is 0 Å². The predicted molar refractivity (Wildman–Crippen MR) is 65.4 cm³/mol. The number of ether oxygens (including phenoxy) is 1. The smallest absolute Gasteiger partial charge is 0.304 e. The van der Waals surface area contributed by atoms with Crippen molar-refractivity contribution in [2.75, 3.05) is 0 Å². The molecule has 0 radical (unpaired) electrons. The Kier molecular flexibility index (Phi) is 3.09. The second-order valence-corrected chi connectivity index (χ2v) is 5.05. The van der Waals surface area contributed by atoms with Gasteiger partial charge < -0.3 is 9.84 Å². The van der Waals surface area contributed by atoms with E-state index < -0.39 is 5.97 Å². The molecule has 0 amide bonds. The predicted octanol–water partition coefficient (Wildman–Crippen LogP) is 2.98. The number of aliphatic carboxylic acids is 1. The number of carboxylic acid groups (broad SMARTS) is 1. The van der Waals surface area contributed by atoms with E-state index in [1.165, 1.54) is 0 Å². The van der Waals surface area contributed by atoms with Crippen LogP contribution in [0.3, 0.4) is 0 Å². The summed E-state index contributed by atoms with van der Waals surface area (Å²) >= 11 is 0. The molecule has 1 aromatic rings. The maximum Gasteiger partial charge on any atom is 0.304 e. The molecule has 3 heteroatoms. The van der Waals surface area contributed by atoms with E-state index in [9.17, 15) is 4.79 Å². The summed E-state index contributed by atoms with van der Waals surface area (Å²) in [5.74, 6) is 0.104. The van der Waals surface area contributed by atoms with Crippen molar-refractivity contribution in [1.29, 1.82) is 0 Å². The average Bonchev–Trinajstić information content (AvgIpc) is 2.97. The molecule has 17 heavy (non-hydrogen) atoms. The number of carboxylic acids is 1. The van der Waals surface area contributed by atoms with Gasteiger partial charge in [-0.1, -0.05) is 12.1 Å². The average molecular weight is 234 g/mol. The first-order valence-corrected chi connectivity index (χ1v) is 6.01. The molecule has 3 nitrogen and oxygen atoms in total. The Bertz CT molecular complexity index is 419. The number of hydrogen-bond acceptors (Lipinski definition) is 2. The molecule has 1 saturated carbocycles. The summed E-state index contributed by atoms with van der Waals surface area (Å²) in [4.78, 5) is 10.9. The molecule has 0 spiro atoms. The molecule has 1 aliphatic rings. The zero-order chi connectivity index (χ0) is 12.5. The van der Waals surface area contributed by atoms with E-state index in [-0.39, 0.29) is 17.9 Å². The molecule has 2 rings (SSSR count). The van der Waals surface area contributed by atoms with Crippen molar-refractivity contribution in [1.82, 2.24) is 0 Å². The minimum atomic E-state index is -0.724. The number of carbonyl (C=O) groups is 1. The van der Waals surface area contributed by atoms with Crippen molar-refractivity contribution in [3.8, 4) is 5.75 Å². The maximum absolute atomic E-state index is 10.9. The van der Waals surface area contributed by atoms with Crippen molar-refractivity contribution in [3.05, 3.63) is 29.8 Å². The molecular weight excluding hydrogens is 216 g/mol. The van der Waals surface area contributed by atoms with Crippen LogP contribution >= 0.6 is 0 Å². The topological polar surface area (TPSA) is 46.5 Å². The van der Waals surface area contributed by atoms with Gasteiger partial charge in [0.25, 0.3) is 0 Å². The fourth-order valence-corrected chi connectivity index (χ4v) is 2.18. The third-order valence-electron chi connectivity index (χ3n) is 3.16. The van der Waals surface area contributed by atoms with Crippen LogP contribution in [0, 0.1) is 0 Å². The Morgan fingerprint density at radius 2 is 2.18 bits per heavy atom. The lowest BCUT2D eigenvalue weighted by atomic mass is 9.92. The van der Waals surface area contributed by atoms with Crippen LogP contribution in [0.15, 0.2) is 24.3 Å². The quantitative estimate of drug-likeness (QED) is 0.852. The molecule has 0 atom stereocenters. The normalized spacial score (nSPS) is 16.9. The van der Waals surface area contributed by atoms with E-state index in [0.29, 0.717) is 0 Å². The number of hydrogen-bond donors (Lipinski definition) is 1. The molecule has 0 aromatic heterocycles. The SMILES string of the molecule is CC(C)Oc1cccc(C2(CC(=O)O)CC2)c1. The lowest BCUT2D eigenvalue weighted by Gasteiger charge is -2.16.